The topological polar surface area (TPSA) is 190 Å². The zero-order chi connectivity index (χ0) is 87.6. The molecule has 123 heavy (non-hydrogen) atoms. The van der Waals surface area contributed by atoms with Crippen LogP contribution in [-0.2, 0) is 52.9 Å². The Morgan fingerprint density at radius 1 is 0.537 bits per heavy atom. The van der Waals surface area contributed by atoms with Gasteiger partial charge in [0.1, 0.15) is 27.7 Å². The summed E-state index contributed by atoms with van der Waals surface area (Å²) in [7, 11) is -0.740. The highest BCUT2D eigenvalue weighted by Gasteiger charge is 2.53. The molecule has 1 amide bonds. The Bertz CT molecular complexity index is 6270. The molecule has 1 saturated heterocycles. The van der Waals surface area contributed by atoms with Crippen molar-refractivity contribution in [2.45, 2.75) is 192 Å². The number of rotatable bonds is 9. The maximum Gasteiger partial charge on any atom is 0.498 e. The van der Waals surface area contributed by atoms with Crippen molar-refractivity contribution < 1.29 is 45.2 Å². The van der Waals surface area contributed by atoms with Crippen LogP contribution >= 0.6 is 51.5 Å². The van der Waals surface area contributed by atoms with Crippen molar-refractivity contribution >= 4 is 109 Å². The average Bonchev–Trinajstić information content (AvgIpc) is 1.59. The number of hydrogen-bond acceptors (Lipinski definition) is 11. The van der Waals surface area contributed by atoms with E-state index in [9.17, 15) is 18.0 Å². The van der Waals surface area contributed by atoms with Crippen LogP contribution in [0.1, 0.15) is 172 Å². The highest BCUT2D eigenvalue weighted by atomic mass is 79.9. The summed E-state index contributed by atoms with van der Waals surface area (Å²) in [5.41, 5.74) is 21.9. The second kappa shape index (κ2) is 36.2. The Labute approximate surface area is 737 Å². The van der Waals surface area contributed by atoms with Gasteiger partial charge in [0, 0.05) is 138 Å². The van der Waals surface area contributed by atoms with Gasteiger partial charge >= 0.3 is 13.2 Å². The third-order valence-electron chi connectivity index (χ3n) is 23.3. The number of nitrogens with zero attached hydrogens (tertiary/aromatic N) is 10. The lowest BCUT2D eigenvalue weighted by Gasteiger charge is -2.32. The highest BCUT2D eigenvalue weighted by Crippen LogP contribution is 2.45. The van der Waals surface area contributed by atoms with Crippen LogP contribution in [-0.4, -0.2) is 109 Å². The second-order valence-electron chi connectivity index (χ2n) is 34.3. The summed E-state index contributed by atoms with van der Waals surface area (Å²) in [5, 5.41) is 21.2. The number of fused-ring (bicyclic) bond motifs is 6. The van der Waals surface area contributed by atoms with Gasteiger partial charge in [-0.05, 0) is 223 Å². The first-order valence-electron chi connectivity index (χ1n) is 40.9. The number of benzene rings is 6. The third-order valence-corrected chi connectivity index (χ3v) is 24.7. The van der Waals surface area contributed by atoms with Crippen LogP contribution < -0.4 is 15.7 Å². The molecule has 0 atom stereocenters. The monoisotopic (exact) mass is 1800 g/mol. The van der Waals surface area contributed by atoms with Crippen molar-refractivity contribution in [3.05, 3.63) is 268 Å². The number of amides is 1. The van der Waals surface area contributed by atoms with Crippen LogP contribution in [0.3, 0.4) is 0 Å². The van der Waals surface area contributed by atoms with Crippen molar-refractivity contribution in [3.8, 4) is 39.6 Å². The standard InChI is InChI=1S/C31H31F2N5.C22H20ClFN4.C19H24BrN3O2.C14H16BClFNO2.C8H9F2N.ClH/c1-17(2)21-14-25(33)31(35-15-21)37-12-10-26-23(16-37)30(38(36-26)29-18(3)7-6-8-19(29)4)27-22-9-11-34-28(22)20(5)13-24(27)32;1-12-4-3-5-13(2)21(12)28-22(15-11-25-8-7-18(15)27-28)19-14-6-9-26-20(14)16(23)10-17(19)24;1-12-7-6-8-13(2)16(12)23-17(20)14-11-22(10-9-15(14)21-23)18(24)25-19(3,4)5;1-13(2)14(3,4)20-15(19-13)11-8-5-6-18-12(8)9(16)7-10(11)17;1-5(2)6-3-7(9)8(10)11-4-6;/h6-9,11,13-15,17,34H,10,12,16H2,1-5H3;3-6,9-10,25-26H,7-8,11H2,1-2H3;6-8H,9-11H2,1-5H3;5-7,18H,1-4H3;3-5H,1-2H3;1H. The zero-order valence-corrected chi connectivity index (χ0v) is 76.1. The number of aromatic amines is 3. The van der Waals surface area contributed by atoms with E-state index in [0.717, 1.165) is 136 Å². The molecule has 18 rings (SSSR count). The van der Waals surface area contributed by atoms with Gasteiger partial charge in [-0.2, -0.15) is 19.7 Å². The molecule has 644 valence electrons. The predicted octanol–water partition coefficient (Wildman–Crippen LogP) is 23.1. The Hall–Kier alpha value is -10.2. The normalized spacial score (nSPS) is 14.6. The van der Waals surface area contributed by atoms with Crippen LogP contribution in [0.5, 0.6) is 0 Å². The molecule has 12 heterocycles. The van der Waals surface area contributed by atoms with Gasteiger partial charge in [-0.25, -0.2) is 50.8 Å². The van der Waals surface area contributed by atoms with Crippen molar-refractivity contribution in [1.29, 1.82) is 0 Å². The largest absolute Gasteiger partial charge is 0.498 e. The van der Waals surface area contributed by atoms with Crippen LogP contribution in [0.4, 0.5) is 37.0 Å². The smallest absolute Gasteiger partial charge is 0.444 e. The van der Waals surface area contributed by atoms with E-state index in [1.807, 2.05) is 158 Å². The van der Waals surface area contributed by atoms with Crippen molar-refractivity contribution in [2.24, 2.45) is 0 Å². The Kier molecular flexibility index (Phi) is 26.6. The summed E-state index contributed by atoms with van der Waals surface area (Å²) in [6.45, 7) is 39.2. The molecule has 0 unspecified atom stereocenters. The summed E-state index contributed by atoms with van der Waals surface area (Å²) < 4.78 is 110. The number of H-pyrrole nitrogens is 3. The Balaban J connectivity index is 0.000000138. The van der Waals surface area contributed by atoms with E-state index in [0.29, 0.717) is 93.8 Å². The molecule has 8 aromatic heterocycles. The predicted molar refractivity (Wildman–Crippen MR) is 484 cm³/mol. The molecule has 4 N–H and O–H groups in total. The van der Waals surface area contributed by atoms with Gasteiger partial charge in [0.15, 0.2) is 17.5 Å². The van der Waals surface area contributed by atoms with Crippen LogP contribution in [0.2, 0.25) is 10.0 Å². The lowest BCUT2D eigenvalue weighted by atomic mass is 9.76. The fourth-order valence-electron chi connectivity index (χ4n) is 16.2. The van der Waals surface area contributed by atoms with Gasteiger partial charge in [0.2, 0.25) is 5.95 Å². The number of aromatic nitrogens is 11. The lowest BCUT2D eigenvalue weighted by Crippen LogP contribution is -2.41. The summed E-state index contributed by atoms with van der Waals surface area (Å²) in [6.07, 6.45) is 10.4. The molecule has 1 fully saturated rings. The summed E-state index contributed by atoms with van der Waals surface area (Å²) in [6, 6.07) is 31.1. The SMILES string of the molecule is CC(C)c1cnc(F)c(F)c1.CC1(C)OB(c2c(F)cc(Cl)c3[nH]ccc23)OC1(C)C.Cc1cccc(C)c1-n1nc2c(c1-c1c(F)cc(C)c3[nH]ccc13)CN(c1ncc(C(C)C)cc1F)CC2.Cc1cccc(C)c1-n1nc2c(c1-c1c(F)cc(Cl)c3[nH]ccc13)CNCC2.Cc1cccc(C)c1-n1nc2c(c1Br)CN(C(=O)OC(C)(C)C)CC2.Cl. The van der Waals surface area contributed by atoms with Gasteiger partial charge in [-0.15, -0.1) is 12.4 Å². The number of anilines is 1. The van der Waals surface area contributed by atoms with Gasteiger partial charge in [0.25, 0.3) is 0 Å². The molecule has 0 saturated carbocycles. The van der Waals surface area contributed by atoms with Crippen LogP contribution in [0.15, 0.2) is 139 Å². The maximum absolute atomic E-state index is 16.0. The van der Waals surface area contributed by atoms with Crippen molar-refractivity contribution in [2.75, 3.05) is 24.5 Å². The van der Waals surface area contributed by atoms with Crippen molar-refractivity contribution in [3.63, 3.8) is 0 Å². The molecule has 14 aromatic rings. The zero-order valence-electron chi connectivity index (χ0n) is 72.2. The summed E-state index contributed by atoms with van der Waals surface area (Å²) >= 11 is 16.0. The third kappa shape index (κ3) is 18.1. The first-order chi connectivity index (χ1) is 57.8. The van der Waals surface area contributed by atoms with Crippen LogP contribution in [0.25, 0.3) is 72.3 Å². The van der Waals surface area contributed by atoms with Gasteiger partial charge in [-0.3, -0.25) is 0 Å². The minimum absolute atomic E-state index is 0. The van der Waals surface area contributed by atoms with E-state index in [1.54, 1.807) is 41.7 Å². The summed E-state index contributed by atoms with van der Waals surface area (Å²) in [5.74, 6) is -2.61. The number of aryl methyl sites for hydroxylation is 7. The molecule has 4 aliphatic heterocycles. The molecule has 18 nitrogen and oxygen atoms in total. The van der Waals surface area contributed by atoms with Crippen molar-refractivity contribution in [1.82, 2.24) is 64.5 Å². The molecule has 0 aliphatic carbocycles. The van der Waals surface area contributed by atoms with E-state index < -0.39 is 41.5 Å². The van der Waals surface area contributed by atoms with E-state index >= 15 is 13.2 Å². The molecule has 6 aromatic carbocycles. The molecular weight excluding hydrogens is 1700 g/mol. The molecule has 0 bridgehead atoms. The first-order valence-corrected chi connectivity index (χ1v) is 42.5. The number of carbonyl (C=O) groups excluding carboxylic acids is 1. The molecule has 0 radical (unpaired) electrons. The number of nitrogens with one attached hydrogen (secondary N) is 4. The van der Waals surface area contributed by atoms with E-state index in [4.69, 9.17) is 52.5 Å². The van der Waals surface area contributed by atoms with Gasteiger partial charge < -0.3 is 44.1 Å². The van der Waals surface area contributed by atoms with Gasteiger partial charge in [-0.1, -0.05) is 105 Å². The second-order valence-corrected chi connectivity index (χ2v) is 35.9. The van der Waals surface area contributed by atoms with Crippen LogP contribution in [0, 0.1) is 83.5 Å². The minimum Gasteiger partial charge on any atom is -0.444 e. The maximum atomic E-state index is 16.0. The van der Waals surface area contributed by atoms with Gasteiger partial charge in [0.05, 0.1) is 84.4 Å². The number of halogens is 10. The number of para-hydroxylation sites is 3. The molecule has 29 heteroatoms. The molecule has 4 aliphatic rings. The Morgan fingerprint density at radius 2 is 0.984 bits per heavy atom. The van der Waals surface area contributed by atoms with E-state index in [1.165, 1.54) is 35.5 Å². The number of carbonyl (C=O) groups is 1. The fourth-order valence-corrected chi connectivity index (χ4v) is 17.3. The number of ether oxygens (including phenoxy) is 1. The lowest BCUT2D eigenvalue weighted by molar-refractivity contribution is 0.00578. The number of hydrogen-bond donors (Lipinski definition) is 4. The van der Waals surface area contributed by atoms with E-state index in [2.05, 4.69) is 104 Å². The first kappa shape index (κ1) is 90.5. The highest BCUT2D eigenvalue weighted by molar-refractivity contribution is 9.10. The molecule has 0 spiro atoms. The Morgan fingerprint density at radius 3 is 1.51 bits per heavy atom. The minimum atomic E-state index is -1.03. The quantitative estimate of drug-likeness (QED) is 0.0611. The molecular formula is C94H101BBrCl3F6N14O4. The average molecular weight is 1800 g/mol. The fraction of sp³-hybridized carbons (Fsp3) is 0.340. The number of pyridine rings is 2. The summed E-state index contributed by atoms with van der Waals surface area (Å²) in [4.78, 5) is 33.3. The van der Waals surface area contributed by atoms with E-state index in [-0.39, 0.29) is 47.8 Å².